The van der Waals surface area contributed by atoms with Gasteiger partial charge < -0.3 is 19.7 Å². The largest absolute Gasteiger partial charge is 0.376 e. The summed E-state index contributed by atoms with van der Waals surface area (Å²) in [6, 6.07) is 11.3. The van der Waals surface area contributed by atoms with Gasteiger partial charge >= 0.3 is 0 Å². The van der Waals surface area contributed by atoms with Crippen LogP contribution in [0, 0.1) is 0 Å². The van der Waals surface area contributed by atoms with Crippen molar-refractivity contribution in [3.05, 3.63) is 35.9 Å². The molecule has 3 heterocycles. The number of guanidine groups is 1. The lowest BCUT2D eigenvalue weighted by Gasteiger charge is -2.36. The fourth-order valence-corrected chi connectivity index (χ4v) is 5.12. The average Bonchev–Trinajstić information content (AvgIpc) is 3.37. The smallest absolute Gasteiger partial charge is 0.193 e. The van der Waals surface area contributed by atoms with E-state index in [2.05, 4.69) is 50.4 Å². The third-order valence-electron chi connectivity index (χ3n) is 6.96. The summed E-state index contributed by atoms with van der Waals surface area (Å²) in [5.74, 6) is 1.02. The molecule has 2 unspecified atom stereocenters. The first-order valence-corrected chi connectivity index (χ1v) is 12.3. The SMILES string of the molecule is CN=C(NCC(c1ccccc1)N1CCCC1)N1CCC(OCC2CCCCO2)CC1.I. The molecule has 0 bridgehead atoms. The number of hydrogen-bond donors (Lipinski definition) is 1. The van der Waals surface area contributed by atoms with Crippen LogP contribution in [0.15, 0.2) is 35.3 Å². The van der Waals surface area contributed by atoms with E-state index in [1.165, 1.54) is 44.3 Å². The Morgan fingerprint density at radius 2 is 1.81 bits per heavy atom. The minimum absolute atomic E-state index is 0. The third kappa shape index (κ3) is 7.30. The van der Waals surface area contributed by atoms with Crippen LogP contribution in [0.3, 0.4) is 0 Å². The number of piperidine rings is 1. The predicted octanol–water partition coefficient (Wildman–Crippen LogP) is 4.07. The van der Waals surface area contributed by atoms with Gasteiger partial charge in [-0.2, -0.15) is 0 Å². The Balaban J connectivity index is 0.00000289. The van der Waals surface area contributed by atoms with Gasteiger partial charge in [-0.05, 0) is 63.6 Å². The summed E-state index contributed by atoms with van der Waals surface area (Å²) in [5, 5.41) is 3.69. The molecule has 1 N–H and O–H groups in total. The molecule has 0 aromatic heterocycles. The highest BCUT2D eigenvalue weighted by atomic mass is 127. The molecule has 3 saturated heterocycles. The average molecular weight is 557 g/mol. The van der Waals surface area contributed by atoms with Gasteiger partial charge in [0.15, 0.2) is 5.96 Å². The molecule has 4 rings (SSSR count). The summed E-state index contributed by atoms with van der Waals surface area (Å²) in [7, 11) is 1.90. The minimum Gasteiger partial charge on any atom is -0.376 e. The Kier molecular flexibility index (Phi) is 11.0. The molecule has 0 aliphatic carbocycles. The van der Waals surface area contributed by atoms with E-state index in [1.807, 2.05) is 7.05 Å². The topological polar surface area (TPSA) is 49.3 Å². The molecule has 180 valence electrons. The van der Waals surface area contributed by atoms with Gasteiger partial charge in [-0.3, -0.25) is 9.89 Å². The second-order valence-corrected chi connectivity index (χ2v) is 9.11. The number of nitrogens with one attached hydrogen (secondary N) is 1. The number of benzene rings is 1. The maximum absolute atomic E-state index is 6.19. The van der Waals surface area contributed by atoms with Crippen LogP contribution in [0.1, 0.15) is 56.6 Å². The van der Waals surface area contributed by atoms with E-state index in [0.717, 1.165) is 58.1 Å². The monoisotopic (exact) mass is 556 g/mol. The van der Waals surface area contributed by atoms with Crippen LogP contribution in [0.2, 0.25) is 0 Å². The van der Waals surface area contributed by atoms with Crippen LogP contribution < -0.4 is 5.32 Å². The lowest BCUT2D eigenvalue weighted by atomic mass is 10.1. The van der Waals surface area contributed by atoms with E-state index in [1.54, 1.807) is 0 Å². The molecule has 1 aromatic rings. The fourth-order valence-electron chi connectivity index (χ4n) is 5.12. The summed E-state index contributed by atoms with van der Waals surface area (Å²) in [4.78, 5) is 9.61. The summed E-state index contributed by atoms with van der Waals surface area (Å²) in [5.41, 5.74) is 1.39. The normalized spacial score (nSPS) is 24.2. The summed E-state index contributed by atoms with van der Waals surface area (Å²) < 4.78 is 12.0. The second kappa shape index (κ2) is 13.7. The van der Waals surface area contributed by atoms with Crippen LogP contribution in [0.4, 0.5) is 0 Å². The second-order valence-electron chi connectivity index (χ2n) is 9.11. The maximum atomic E-state index is 6.19. The standard InChI is InChI=1S/C25H40N4O2.HI/c1-26-25(27-19-24(28-14-6-7-15-28)21-9-3-2-4-10-21)29-16-12-22(13-17-29)31-20-23-11-5-8-18-30-23;/h2-4,9-10,22-24H,5-8,11-20H2,1H3,(H,26,27);1H. The molecule has 3 fully saturated rings. The molecule has 0 saturated carbocycles. The molecular formula is C25H41IN4O2. The van der Waals surface area contributed by atoms with Crippen LogP contribution >= 0.6 is 24.0 Å². The predicted molar refractivity (Wildman–Crippen MR) is 141 cm³/mol. The number of aliphatic imine (C=N–C) groups is 1. The first-order chi connectivity index (χ1) is 15.3. The number of halogens is 1. The Labute approximate surface area is 211 Å². The quantitative estimate of drug-likeness (QED) is 0.312. The Bertz CT molecular complexity index is 670. The third-order valence-corrected chi connectivity index (χ3v) is 6.96. The lowest BCUT2D eigenvalue weighted by Crippen LogP contribution is -2.49. The first-order valence-electron chi connectivity index (χ1n) is 12.3. The van der Waals surface area contributed by atoms with Crippen molar-refractivity contribution in [2.24, 2.45) is 4.99 Å². The van der Waals surface area contributed by atoms with E-state index in [0.29, 0.717) is 18.2 Å². The molecular weight excluding hydrogens is 515 g/mol. The molecule has 0 spiro atoms. The Morgan fingerprint density at radius 1 is 1.06 bits per heavy atom. The summed E-state index contributed by atoms with van der Waals surface area (Å²) in [6.45, 7) is 6.92. The van der Waals surface area contributed by atoms with Gasteiger partial charge in [-0.1, -0.05) is 30.3 Å². The zero-order chi connectivity index (χ0) is 21.3. The summed E-state index contributed by atoms with van der Waals surface area (Å²) >= 11 is 0. The molecule has 1 aromatic carbocycles. The van der Waals surface area contributed by atoms with Crippen molar-refractivity contribution in [3.8, 4) is 0 Å². The van der Waals surface area contributed by atoms with E-state index < -0.39 is 0 Å². The van der Waals surface area contributed by atoms with Gasteiger partial charge in [0.05, 0.1) is 24.9 Å². The van der Waals surface area contributed by atoms with Crippen LogP contribution in [-0.2, 0) is 9.47 Å². The van der Waals surface area contributed by atoms with E-state index in [4.69, 9.17) is 9.47 Å². The number of ether oxygens (including phenoxy) is 2. The van der Waals surface area contributed by atoms with Crippen molar-refractivity contribution >= 4 is 29.9 Å². The molecule has 7 heteroatoms. The van der Waals surface area contributed by atoms with Crippen molar-refractivity contribution in [1.82, 2.24) is 15.1 Å². The van der Waals surface area contributed by atoms with Crippen LogP contribution in [0.25, 0.3) is 0 Å². The van der Waals surface area contributed by atoms with Crippen molar-refractivity contribution in [2.75, 3.05) is 53.0 Å². The van der Waals surface area contributed by atoms with Crippen molar-refractivity contribution in [3.63, 3.8) is 0 Å². The van der Waals surface area contributed by atoms with E-state index in [-0.39, 0.29) is 24.0 Å². The molecule has 6 nitrogen and oxygen atoms in total. The maximum Gasteiger partial charge on any atom is 0.193 e. The fraction of sp³-hybridized carbons (Fsp3) is 0.720. The van der Waals surface area contributed by atoms with Gasteiger partial charge in [-0.15, -0.1) is 24.0 Å². The van der Waals surface area contributed by atoms with Gasteiger partial charge in [0.2, 0.25) is 0 Å². The molecule has 2 atom stereocenters. The molecule has 3 aliphatic rings. The zero-order valence-corrected chi connectivity index (χ0v) is 21.9. The van der Waals surface area contributed by atoms with Gasteiger partial charge in [0.1, 0.15) is 0 Å². The van der Waals surface area contributed by atoms with Crippen molar-refractivity contribution in [1.29, 1.82) is 0 Å². The highest BCUT2D eigenvalue weighted by Crippen LogP contribution is 2.25. The highest BCUT2D eigenvalue weighted by molar-refractivity contribution is 14.0. The molecule has 0 radical (unpaired) electrons. The van der Waals surface area contributed by atoms with Gasteiger partial charge in [0.25, 0.3) is 0 Å². The molecule has 0 amide bonds. The Morgan fingerprint density at radius 3 is 2.47 bits per heavy atom. The van der Waals surface area contributed by atoms with Crippen LogP contribution in [0.5, 0.6) is 0 Å². The minimum atomic E-state index is 0. The Hall–Kier alpha value is -0.900. The van der Waals surface area contributed by atoms with Crippen LogP contribution in [-0.4, -0.2) is 81.0 Å². The van der Waals surface area contributed by atoms with E-state index >= 15 is 0 Å². The number of hydrogen-bond acceptors (Lipinski definition) is 4. The highest BCUT2D eigenvalue weighted by Gasteiger charge is 2.26. The van der Waals surface area contributed by atoms with Gasteiger partial charge in [-0.25, -0.2) is 0 Å². The zero-order valence-electron chi connectivity index (χ0n) is 19.6. The molecule has 32 heavy (non-hydrogen) atoms. The van der Waals surface area contributed by atoms with Gasteiger partial charge in [0, 0.05) is 33.3 Å². The van der Waals surface area contributed by atoms with E-state index in [9.17, 15) is 0 Å². The molecule has 3 aliphatic heterocycles. The number of likely N-dealkylation sites (tertiary alicyclic amines) is 2. The lowest BCUT2D eigenvalue weighted by molar-refractivity contribution is -0.0721. The van der Waals surface area contributed by atoms with Crippen molar-refractivity contribution < 1.29 is 9.47 Å². The summed E-state index contributed by atoms with van der Waals surface area (Å²) in [6.07, 6.45) is 9.00. The first kappa shape index (κ1) is 25.7. The number of rotatable bonds is 7. The van der Waals surface area contributed by atoms with Crippen molar-refractivity contribution in [2.45, 2.75) is 63.2 Å². The number of nitrogens with zero attached hydrogens (tertiary/aromatic N) is 3.